The van der Waals surface area contributed by atoms with Gasteiger partial charge in [0.05, 0.1) is 0 Å². The number of hydrogen-bond donors (Lipinski definition) is 1. The van der Waals surface area contributed by atoms with E-state index in [2.05, 4.69) is 0 Å². The second-order valence-corrected chi connectivity index (χ2v) is 4.42. The molecule has 2 rings (SSSR count). The number of rotatable bonds is 6. The minimum Gasteiger partial charge on any atom is -0.624 e. The Hall–Kier alpha value is -2.33. The molecule has 104 valence electrons. The van der Waals surface area contributed by atoms with Crippen molar-refractivity contribution in [3.8, 4) is 5.75 Å². The Bertz CT molecular complexity index is 540. The van der Waals surface area contributed by atoms with E-state index in [1.165, 1.54) is 6.21 Å². The van der Waals surface area contributed by atoms with E-state index in [9.17, 15) is 10.3 Å². The van der Waals surface area contributed by atoms with Crippen LogP contribution in [0.4, 0.5) is 0 Å². The molecule has 0 radical (unpaired) electrons. The highest BCUT2D eigenvalue weighted by molar-refractivity contribution is 5.75. The molecule has 0 spiro atoms. The maximum Gasteiger partial charge on any atom is 0.182 e. The molecule has 4 nitrogen and oxygen atoms in total. The number of benzene rings is 2. The topological polar surface area (TPSA) is 55.5 Å². The molecule has 1 N–H and O–H groups in total. The maximum atomic E-state index is 11.7. The number of aliphatic hydroxyl groups is 1. The lowest BCUT2D eigenvalue weighted by Crippen LogP contribution is -2.27. The van der Waals surface area contributed by atoms with Gasteiger partial charge >= 0.3 is 0 Å². The number of hydrogen-bond acceptors (Lipinski definition) is 3. The van der Waals surface area contributed by atoms with Crippen molar-refractivity contribution in [1.82, 2.24) is 0 Å². The van der Waals surface area contributed by atoms with Crippen LogP contribution in [0.15, 0.2) is 60.7 Å². The van der Waals surface area contributed by atoms with Crippen LogP contribution in [0.2, 0.25) is 0 Å². The third-order valence-electron chi connectivity index (χ3n) is 2.67. The minimum absolute atomic E-state index is 0.0261. The quantitative estimate of drug-likeness (QED) is 0.379. The van der Waals surface area contributed by atoms with Gasteiger partial charge in [-0.25, -0.2) is 4.74 Å². The molecule has 1 atom stereocenters. The van der Waals surface area contributed by atoms with Crippen molar-refractivity contribution in [1.29, 1.82) is 0 Å². The van der Waals surface area contributed by atoms with Gasteiger partial charge in [0.15, 0.2) is 12.8 Å². The van der Waals surface area contributed by atoms with Crippen LogP contribution in [0.25, 0.3) is 0 Å². The highest BCUT2D eigenvalue weighted by atomic mass is 16.5. The molecule has 20 heavy (non-hydrogen) atoms. The van der Waals surface area contributed by atoms with Crippen LogP contribution in [0.5, 0.6) is 5.75 Å². The van der Waals surface area contributed by atoms with E-state index in [0.29, 0.717) is 10.5 Å². The highest BCUT2D eigenvalue weighted by Gasteiger charge is 2.10. The van der Waals surface area contributed by atoms with Crippen LogP contribution in [0.1, 0.15) is 5.56 Å². The first kappa shape index (κ1) is 14.1. The van der Waals surface area contributed by atoms with E-state index < -0.39 is 6.10 Å². The molecular weight excluding hydrogens is 254 g/mol. The van der Waals surface area contributed by atoms with E-state index in [1.807, 2.05) is 48.5 Å². The first-order valence-corrected chi connectivity index (χ1v) is 6.43. The summed E-state index contributed by atoms with van der Waals surface area (Å²) in [6, 6.07) is 18.5. The van der Waals surface area contributed by atoms with Gasteiger partial charge in [-0.15, -0.1) is 0 Å². The van der Waals surface area contributed by atoms with Gasteiger partial charge in [-0.1, -0.05) is 36.4 Å². The minimum atomic E-state index is -0.840. The van der Waals surface area contributed by atoms with Gasteiger partial charge < -0.3 is 15.1 Å². The average Bonchev–Trinajstić information content (AvgIpc) is 2.47. The molecule has 0 amide bonds. The lowest BCUT2D eigenvalue weighted by molar-refractivity contribution is -0.464. The van der Waals surface area contributed by atoms with Crippen LogP contribution < -0.4 is 4.74 Å². The lowest BCUT2D eigenvalue weighted by Gasteiger charge is -2.12. The van der Waals surface area contributed by atoms with Crippen LogP contribution in [-0.4, -0.2) is 35.3 Å². The average molecular weight is 271 g/mol. The third kappa shape index (κ3) is 4.74. The van der Waals surface area contributed by atoms with Crippen LogP contribution in [0.3, 0.4) is 0 Å². The van der Waals surface area contributed by atoms with Crippen LogP contribution in [-0.2, 0) is 0 Å². The fourth-order valence-corrected chi connectivity index (χ4v) is 1.73. The van der Waals surface area contributed by atoms with Crippen molar-refractivity contribution in [3.05, 3.63) is 71.4 Å². The second kappa shape index (κ2) is 7.31. The van der Waals surface area contributed by atoms with E-state index in [1.54, 1.807) is 12.1 Å². The van der Waals surface area contributed by atoms with Gasteiger partial charge in [0.25, 0.3) is 0 Å². The fourth-order valence-electron chi connectivity index (χ4n) is 1.73. The number of aliphatic hydroxyl groups excluding tert-OH is 1. The molecule has 4 heteroatoms. The van der Waals surface area contributed by atoms with E-state index in [4.69, 9.17) is 4.74 Å². The predicted octanol–water partition coefficient (Wildman–Crippen LogP) is 2.06. The Balaban J connectivity index is 1.82. The van der Waals surface area contributed by atoms with Gasteiger partial charge in [0.1, 0.15) is 18.5 Å². The van der Waals surface area contributed by atoms with Gasteiger partial charge in [-0.3, -0.25) is 0 Å². The van der Waals surface area contributed by atoms with Gasteiger partial charge in [-0.2, -0.15) is 0 Å². The smallest absolute Gasteiger partial charge is 0.182 e. The summed E-state index contributed by atoms with van der Waals surface area (Å²) in [5.74, 6) is 0.677. The third-order valence-corrected chi connectivity index (χ3v) is 2.67. The Kier molecular flexibility index (Phi) is 5.15. The molecule has 2 aromatic rings. The summed E-state index contributed by atoms with van der Waals surface area (Å²) in [5.41, 5.74) is 0.804. The van der Waals surface area contributed by atoms with Gasteiger partial charge in [-0.05, 0) is 24.3 Å². The molecule has 0 bridgehead atoms. The monoisotopic (exact) mass is 271 g/mol. The molecule has 0 aliphatic heterocycles. The molecule has 0 saturated heterocycles. The molecule has 0 aliphatic carbocycles. The van der Waals surface area contributed by atoms with E-state index in [0.717, 1.165) is 5.56 Å². The summed E-state index contributed by atoms with van der Waals surface area (Å²) in [4.78, 5) is 0. The Morgan fingerprint density at radius 2 is 1.65 bits per heavy atom. The highest BCUT2D eigenvalue weighted by Crippen LogP contribution is 2.08. The Labute approximate surface area is 118 Å². The summed E-state index contributed by atoms with van der Waals surface area (Å²) < 4.78 is 6.11. The van der Waals surface area contributed by atoms with Crippen molar-refractivity contribution in [2.45, 2.75) is 6.10 Å². The number of nitrogens with zero attached hydrogens (tertiary/aromatic N) is 1. The first-order valence-electron chi connectivity index (χ1n) is 6.43. The van der Waals surface area contributed by atoms with E-state index in [-0.39, 0.29) is 13.2 Å². The zero-order chi connectivity index (χ0) is 14.2. The summed E-state index contributed by atoms with van der Waals surface area (Å²) >= 11 is 0. The van der Waals surface area contributed by atoms with Crippen molar-refractivity contribution < 1.29 is 14.6 Å². The predicted molar refractivity (Wildman–Crippen MR) is 78.0 cm³/mol. The summed E-state index contributed by atoms with van der Waals surface area (Å²) in [6.45, 7) is 0.0626. The molecule has 0 fully saturated rings. The molecule has 0 saturated carbocycles. The van der Waals surface area contributed by atoms with Crippen molar-refractivity contribution >= 4 is 6.21 Å². The molecule has 2 aromatic carbocycles. The van der Waals surface area contributed by atoms with E-state index >= 15 is 0 Å². The fraction of sp³-hybridized carbons (Fsp3) is 0.188. The Morgan fingerprint density at radius 1 is 1.05 bits per heavy atom. The van der Waals surface area contributed by atoms with Crippen LogP contribution in [0, 0.1) is 5.21 Å². The van der Waals surface area contributed by atoms with Crippen molar-refractivity contribution in [2.75, 3.05) is 13.2 Å². The number of ether oxygens (including phenoxy) is 1. The van der Waals surface area contributed by atoms with Gasteiger partial charge in [0, 0.05) is 5.56 Å². The lowest BCUT2D eigenvalue weighted by atomic mass is 10.2. The Morgan fingerprint density at radius 3 is 2.30 bits per heavy atom. The van der Waals surface area contributed by atoms with Gasteiger partial charge in [0.2, 0.25) is 0 Å². The number of para-hydroxylation sites is 1. The largest absolute Gasteiger partial charge is 0.624 e. The zero-order valence-corrected chi connectivity index (χ0v) is 11.1. The summed E-state index contributed by atoms with van der Waals surface area (Å²) in [6.07, 6.45) is 0.610. The standard InChI is InChI=1S/C16H17NO3/c18-15(13-20-16-9-5-2-6-10-16)12-17(19)11-14-7-3-1-4-8-14/h1-11,15,18H,12-13H2/b17-11-/t15-/m0/s1. The SMILES string of the molecule is [O-]/[N+](=C\c1ccccc1)C[C@H](O)COc1ccccc1. The maximum absolute atomic E-state index is 11.7. The molecule has 0 aromatic heterocycles. The summed E-state index contributed by atoms with van der Waals surface area (Å²) in [7, 11) is 0. The van der Waals surface area contributed by atoms with Crippen molar-refractivity contribution in [2.24, 2.45) is 0 Å². The molecule has 0 unspecified atom stereocenters. The molecule has 0 heterocycles. The van der Waals surface area contributed by atoms with Crippen LogP contribution >= 0.6 is 0 Å². The molecular formula is C16H17NO3. The zero-order valence-electron chi connectivity index (χ0n) is 11.1. The second-order valence-electron chi connectivity index (χ2n) is 4.42. The van der Waals surface area contributed by atoms with Crippen molar-refractivity contribution in [3.63, 3.8) is 0 Å². The summed E-state index contributed by atoms with van der Waals surface area (Å²) in [5, 5.41) is 21.5. The number of hydroxylamine groups is 1. The normalized spacial score (nSPS) is 12.9. The molecule has 0 aliphatic rings. The first-order chi connectivity index (χ1) is 9.74.